The van der Waals surface area contributed by atoms with E-state index in [9.17, 15) is 4.79 Å². The summed E-state index contributed by atoms with van der Waals surface area (Å²) in [5.41, 5.74) is 4.76. The van der Waals surface area contributed by atoms with Crippen LogP contribution in [-0.4, -0.2) is 24.1 Å². The molecule has 0 aromatic heterocycles. The van der Waals surface area contributed by atoms with Crippen molar-refractivity contribution >= 4 is 11.9 Å². The summed E-state index contributed by atoms with van der Waals surface area (Å²) in [6.07, 6.45) is 0.222. The summed E-state index contributed by atoms with van der Waals surface area (Å²) in [6, 6.07) is 0. The highest BCUT2D eigenvalue weighted by Crippen LogP contribution is 1.67. The highest BCUT2D eigenvalue weighted by Gasteiger charge is 1.80. The van der Waals surface area contributed by atoms with Crippen LogP contribution in [0.25, 0.3) is 0 Å². The number of aliphatic carboxylic acids is 1. The Morgan fingerprint density at radius 1 is 1.80 bits per heavy atom. The Hall–Kier alpha value is -1.26. The number of nitrogens with one attached hydrogen (secondary N) is 2. The maximum absolute atomic E-state index is 9.37. The Balaban J connectivity index is 0. The van der Waals surface area contributed by atoms with Gasteiger partial charge in [-0.15, -0.1) is 0 Å². The zero-order chi connectivity index (χ0) is 8.57. The van der Waals surface area contributed by atoms with Crippen molar-refractivity contribution in [1.29, 1.82) is 5.41 Å². The molecule has 0 bridgehead atoms. The number of rotatable bonds is 1. The highest BCUT2D eigenvalue weighted by molar-refractivity contribution is 5.73. The van der Waals surface area contributed by atoms with Gasteiger partial charge in [-0.25, -0.2) is 0 Å². The van der Waals surface area contributed by atoms with Crippen LogP contribution >= 0.6 is 0 Å². The molecule has 0 heterocycles. The molecule has 0 aliphatic rings. The third-order valence-electron chi connectivity index (χ3n) is 0.572. The van der Waals surface area contributed by atoms with E-state index < -0.39 is 5.97 Å². The first-order valence-electron chi connectivity index (χ1n) is 2.78. The molecule has 10 heavy (non-hydrogen) atoms. The summed E-state index contributed by atoms with van der Waals surface area (Å²) in [5, 5.41) is 16.5. The molecule has 0 atom stereocenters. The molecular formula is C5H13N3O2. The summed E-state index contributed by atoms with van der Waals surface area (Å²) in [6.45, 7) is 1.60. The van der Waals surface area contributed by atoms with E-state index in [0.717, 1.165) is 0 Å². The van der Waals surface area contributed by atoms with Gasteiger partial charge in [0.25, 0.3) is 0 Å². The van der Waals surface area contributed by atoms with Gasteiger partial charge in [0.2, 0.25) is 0 Å². The van der Waals surface area contributed by atoms with E-state index in [4.69, 9.17) is 16.2 Å². The van der Waals surface area contributed by atoms with Gasteiger partial charge in [-0.1, -0.05) is 6.92 Å². The smallest absolute Gasteiger partial charge is 0.303 e. The maximum atomic E-state index is 9.37. The summed E-state index contributed by atoms with van der Waals surface area (Å²) in [5.74, 6) is -0.741. The van der Waals surface area contributed by atoms with E-state index >= 15 is 0 Å². The van der Waals surface area contributed by atoms with Crippen molar-refractivity contribution in [2.24, 2.45) is 5.73 Å². The first-order chi connectivity index (χ1) is 4.54. The van der Waals surface area contributed by atoms with E-state index in [1.807, 2.05) is 0 Å². The Kier molecular flexibility index (Phi) is 8.92. The van der Waals surface area contributed by atoms with Gasteiger partial charge in [0, 0.05) is 13.5 Å². The van der Waals surface area contributed by atoms with Crippen LogP contribution in [0.15, 0.2) is 0 Å². The van der Waals surface area contributed by atoms with E-state index in [0.29, 0.717) is 0 Å². The molecule has 0 amide bonds. The first-order valence-corrected chi connectivity index (χ1v) is 2.78. The van der Waals surface area contributed by atoms with Gasteiger partial charge < -0.3 is 16.2 Å². The van der Waals surface area contributed by atoms with Crippen molar-refractivity contribution in [1.82, 2.24) is 5.32 Å². The molecular weight excluding hydrogens is 134 g/mol. The monoisotopic (exact) mass is 147 g/mol. The molecule has 0 aromatic carbocycles. The fourth-order valence-electron chi connectivity index (χ4n) is 0. The molecule has 5 heteroatoms. The van der Waals surface area contributed by atoms with Crippen LogP contribution in [0.2, 0.25) is 0 Å². The Morgan fingerprint density at radius 2 is 2.00 bits per heavy atom. The molecule has 0 fully saturated rings. The molecule has 0 aliphatic carbocycles. The van der Waals surface area contributed by atoms with Crippen LogP contribution in [-0.2, 0) is 4.79 Å². The molecule has 60 valence electrons. The second-order valence-electron chi connectivity index (χ2n) is 1.41. The summed E-state index contributed by atoms with van der Waals surface area (Å²) in [4.78, 5) is 9.37. The molecule has 0 rings (SSSR count). The number of carbonyl (C=O) groups is 1. The predicted octanol–water partition coefficient (Wildman–Crippen LogP) is -0.420. The number of nitrogens with two attached hydrogens (primary N) is 1. The SMILES string of the molecule is CCC(=O)O.CNC(=N)N. The minimum atomic E-state index is -0.745. The van der Waals surface area contributed by atoms with Crippen molar-refractivity contribution in [2.45, 2.75) is 13.3 Å². The van der Waals surface area contributed by atoms with Crippen LogP contribution in [0.4, 0.5) is 0 Å². The third-order valence-corrected chi connectivity index (χ3v) is 0.572. The van der Waals surface area contributed by atoms with E-state index in [-0.39, 0.29) is 12.4 Å². The van der Waals surface area contributed by atoms with Crippen molar-refractivity contribution in [3.63, 3.8) is 0 Å². The average molecular weight is 147 g/mol. The lowest BCUT2D eigenvalue weighted by Gasteiger charge is -1.85. The lowest BCUT2D eigenvalue weighted by atomic mass is 10.5. The first kappa shape index (κ1) is 11.5. The van der Waals surface area contributed by atoms with Gasteiger partial charge in [-0.3, -0.25) is 10.2 Å². The van der Waals surface area contributed by atoms with Gasteiger partial charge in [0.05, 0.1) is 0 Å². The quantitative estimate of drug-likeness (QED) is 0.299. The molecule has 0 unspecified atom stereocenters. The van der Waals surface area contributed by atoms with Gasteiger partial charge in [-0.2, -0.15) is 0 Å². The molecule has 0 aliphatic heterocycles. The molecule has 0 saturated carbocycles. The second-order valence-corrected chi connectivity index (χ2v) is 1.41. The largest absolute Gasteiger partial charge is 0.481 e. The predicted molar refractivity (Wildman–Crippen MR) is 38.9 cm³/mol. The molecule has 0 spiro atoms. The van der Waals surface area contributed by atoms with Crippen LogP contribution < -0.4 is 11.1 Å². The Morgan fingerprint density at radius 3 is 2.00 bits per heavy atom. The van der Waals surface area contributed by atoms with Gasteiger partial charge >= 0.3 is 5.97 Å². The van der Waals surface area contributed by atoms with Crippen LogP contribution in [0, 0.1) is 5.41 Å². The standard InChI is InChI=1S/C3H6O2.C2H7N3/c1-2-3(4)5;1-5-2(3)4/h2H2,1H3,(H,4,5);1H3,(H4,3,4,5). The van der Waals surface area contributed by atoms with Gasteiger partial charge in [0.15, 0.2) is 5.96 Å². The molecule has 0 saturated heterocycles. The fourth-order valence-corrected chi connectivity index (χ4v) is 0. The number of carboxylic acid groups (broad SMARTS) is 1. The van der Waals surface area contributed by atoms with Crippen molar-refractivity contribution in [3.8, 4) is 0 Å². The highest BCUT2D eigenvalue weighted by atomic mass is 16.4. The molecule has 5 nitrogen and oxygen atoms in total. The lowest BCUT2D eigenvalue weighted by molar-refractivity contribution is -0.136. The van der Waals surface area contributed by atoms with Crippen molar-refractivity contribution in [3.05, 3.63) is 0 Å². The fraction of sp³-hybridized carbons (Fsp3) is 0.600. The molecule has 5 N–H and O–H groups in total. The normalized spacial score (nSPS) is 7.00. The van der Waals surface area contributed by atoms with Crippen molar-refractivity contribution < 1.29 is 9.90 Å². The number of hydrogen-bond acceptors (Lipinski definition) is 2. The minimum Gasteiger partial charge on any atom is -0.481 e. The summed E-state index contributed by atoms with van der Waals surface area (Å²) in [7, 11) is 1.60. The Bertz CT molecular complexity index is 99.5. The van der Waals surface area contributed by atoms with E-state index in [1.165, 1.54) is 0 Å². The Labute approximate surface area is 59.7 Å². The topological polar surface area (TPSA) is 99.2 Å². The third kappa shape index (κ3) is 29.6. The average Bonchev–Trinajstić information content (AvgIpc) is 1.89. The number of carboxylic acids is 1. The van der Waals surface area contributed by atoms with E-state index in [2.05, 4.69) is 5.32 Å². The number of hydrogen-bond donors (Lipinski definition) is 4. The lowest BCUT2D eigenvalue weighted by Crippen LogP contribution is -2.25. The summed E-state index contributed by atoms with van der Waals surface area (Å²) >= 11 is 0. The van der Waals surface area contributed by atoms with Crippen LogP contribution in [0.1, 0.15) is 13.3 Å². The van der Waals surface area contributed by atoms with Crippen molar-refractivity contribution in [2.75, 3.05) is 7.05 Å². The maximum Gasteiger partial charge on any atom is 0.303 e. The van der Waals surface area contributed by atoms with Gasteiger partial charge in [-0.05, 0) is 0 Å². The summed E-state index contributed by atoms with van der Waals surface area (Å²) < 4.78 is 0. The number of guanidine groups is 1. The van der Waals surface area contributed by atoms with Crippen LogP contribution in [0.3, 0.4) is 0 Å². The van der Waals surface area contributed by atoms with Gasteiger partial charge in [0.1, 0.15) is 0 Å². The minimum absolute atomic E-state index is 0.00463. The molecule has 0 aromatic rings. The zero-order valence-corrected chi connectivity index (χ0v) is 6.14. The second kappa shape index (κ2) is 7.74. The zero-order valence-electron chi connectivity index (χ0n) is 6.14. The van der Waals surface area contributed by atoms with E-state index in [1.54, 1.807) is 14.0 Å². The molecule has 0 radical (unpaired) electrons. The van der Waals surface area contributed by atoms with Crippen LogP contribution in [0.5, 0.6) is 0 Å².